The van der Waals surface area contributed by atoms with Gasteiger partial charge < -0.3 is 25.1 Å². The Kier molecular flexibility index (Phi) is 5.71. The summed E-state index contributed by atoms with van der Waals surface area (Å²) in [4.78, 5) is 27.1. The molecule has 33 heavy (non-hydrogen) atoms. The molecular weight excluding hydrogens is 418 g/mol. The van der Waals surface area contributed by atoms with E-state index >= 15 is 0 Å². The number of carbonyl (C=O) groups excluding carboxylic acids is 2. The first-order valence-electron chi connectivity index (χ1n) is 11.1. The van der Waals surface area contributed by atoms with Crippen molar-refractivity contribution in [3.63, 3.8) is 0 Å². The molecule has 0 saturated carbocycles. The highest BCUT2D eigenvalue weighted by Gasteiger charge is 2.24. The van der Waals surface area contributed by atoms with Crippen molar-refractivity contribution in [1.82, 2.24) is 10.2 Å². The third-order valence-corrected chi connectivity index (χ3v) is 6.06. The Hall–Kier alpha value is -3.84. The van der Waals surface area contributed by atoms with E-state index in [9.17, 15) is 14.7 Å². The number of amides is 2. The minimum Gasteiger partial charge on any atom is -0.507 e. The zero-order chi connectivity index (χ0) is 22.8. The van der Waals surface area contributed by atoms with Crippen LogP contribution in [-0.4, -0.2) is 48.0 Å². The number of benzene rings is 2. The van der Waals surface area contributed by atoms with E-state index in [0.29, 0.717) is 29.2 Å². The van der Waals surface area contributed by atoms with E-state index in [1.807, 2.05) is 24.3 Å². The average Bonchev–Trinajstić information content (AvgIpc) is 3.55. The van der Waals surface area contributed by atoms with Crippen molar-refractivity contribution in [2.45, 2.75) is 12.8 Å². The van der Waals surface area contributed by atoms with Crippen molar-refractivity contribution in [3.05, 3.63) is 71.5 Å². The lowest BCUT2D eigenvalue weighted by Gasteiger charge is -2.15. The summed E-state index contributed by atoms with van der Waals surface area (Å²) < 4.78 is 5.90. The first-order chi connectivity index (χ1) is 16.1. The van der Waals surface area contributed by atoms with Gasteiger partial charge in [-0.1, -0.05) is 24.3 Å². The predicted molar refractivity (Wildman–Crippen MR) is 127 cm³/mol. The molecule has 3 aromatic rings. The number of nitrogens with one attached hydrogen (secondary N) is 2. The van der Waals surface area contributed by atoms with E-state index in [1.165, 1.54) is 18.9 Å². The molecule has 7 heteroatoms. The van der Waals surface area contributed by atoms with E-state index in [2.05, 4.69) is 15.5 Å². The fraction of sp³-hybridized carbons (Fsp3) is 0.231. The number of aromatic hydroxyl groups is 1. The SMILES string of the molecule is O=C1Nc2ccccc2/C1=C\c1ccc(-c2ccc(C(=O)NCCN3CCCC3)c(O)c2)o1. The molecule has 168 valence electrons. The number of para-hydroxylation sites is 1. The molecule has 3 N–H and O–H groups in total. The minimum absolute atomic E-state index is 0.105. The lowest BCUT2D eigenvalue weighted by molar-refractivity contribution is -0.110. The maximum atomic E-state index is 12.5. The number of rotatable bonds is 6. The third-order valence-electron chi connectivity index (χ3n) is 6.06. The van der Waals surface area contributed by atoms with Gasteiger partial charge in [-0.3, -0.25) is 9.59 Å². The van der Waals surface area contributed by atoms with Crippen molar-refractivity contribution in [1.29, 1.82) is 0 Å². The number of likely N-dealkylation sites (tertiary alicyclic amines) is 1. The quantitative estimate of drug-likeness (QED) is 0.501. The molecule has 0 bridgehead atoms. The zero-order valence-corrected chi connectivity index (χ0v) is 18.1. The van der Waals surface area contributed by atoms with Crippen LogP contribution >= 0.6 is 0 Å². The van der Waals surface area contributed by atoms with Crippen LogP contribution in [0.2, 0.25) is 0 Å². The molecule has 2 aliphatic heterocycles. The van der Waals surface area contributed by atoms with Gasteiger partial charge in [0.1, 0.15) is 17.3 Å². The molecule has 0 unspecified atom stereocenters. The molecule has 2 amide bonds. The summed E-state index contributed by atoms with van der Waals surface area (Å²) in [5, 5.41) is 16.1. The fourth-order valence-electron chi connectivity index (χ4n) is 4.32. The summed E-state index contributed by atoms with van der Waals surface area (Å²) in [6.07, 6.45) is 4.12. The van der Waals surface area contributed by atoms with Gasteiger partial charge in [-0.05, 0) is 62.3 Å². The lowest BCUT2D eigenvalue weighted by Crippen LogP contribution is -2.33. The van der Waals surface area contributed by atoms with Gasteiger partial charge in [0.05, 0.1) is 11.1 Å². The molecule has 1 saturated heterocycles. The molecule has 2 aromatic carbocycles. The number of anilines is 1. The number of hydrogen-bond donors (Lipinski definition) is 3. The van der Waals surface area contributed by atoms with Crippen LogP contribution < -0.4 is 10.6 Å². The number of phenolic OH excluding ortho intramolecular Hbond substituents is 1. The van der Waals surface area contributed by atoms with Crippen molar-refractivity contribution in [3.8, 4) is 17.1 Å². The lowest BCUT2D eigenvalue weighted by atomic mass is 10.1. The topological polar surface area (TPSA) is 94.8 Å². The van der Waals surface area contributed by atoms with Crippen LogP contribution in [0.1, 0.15) is 34.5 Å². The smallest absolute Gasteiger partial charge is 0.256 e. The number of fused-ring (bicyclic) bond motifs is 1. The first-order valence-corrected chi connectivity index (χ1v) is 11.1. The Labute approximate surface area is 191 Å². The Bertz CT molecular complexity index is 1240. The summed E-state index contributed by atoms with van der Waals surface area (Å²) in [6.45, 7) is 3.52. The van der Waals surface area contributed by atoms with E-state index in [1.54, 1.807) is 30.3 Å². The second-order valence-corrected chi connectivity index (χ2v) is 8.30. The Balaban J connectivity index is 1.28. The van der Waals surface area contributed by atoms with E-state index < -0.39 is 0 Å². The molecular formula is C26H25N3O4. The number of phenols is 1. The van der Waals surface area contributed by atoms with Gasteiger partial charge in [0.2, 0.25) is 0 Å². The number of carbonyl (C=O) groups is 2. The fourth-order valence-corrected chi connectivity index (χ4v) is 4.32. The van der Waals surface area contributed by atoms with Gasteiger partial charge in [0.25, 0.3) is 11.8 Å². The van der Waals surface area contributed by atoms with Crippen molar-refractivity contribution < 1.29 is 19.1 Å². The van der Waals surface area contributed by atoms with Crippen LogP contribution in [0.15, 0.2) is 59.0 Å². The van der Waals surface area contributed by atoms with Crippen LogP contribution in [0, 0.1) is 0 Å². The minimum atomic E-state index is -0.297. The van der Waals surface area contributed by atoms with Crippen LogP contribution in [0.25, 0.3) is 23.0 Å². The maximum Gasteiger partial charge on any atom is 0.256 e. The Morgan fingerprint density at radius 1 is 1.12 bits per heavy atom. The molecule has 1 aromatic heterocycles. The summed E-state index contributed by atoms with van der Waals surface area (Å²) >= 11 is 0. The van der Waals surface area contributed by atoms with Crippen molar-refractivity contribution in [2.24, 2.45) is 0 Å². The summed E-state index contributed by atoms with van der Waals surface area (Å²) in [5.41, 5.74) is 3.02. The molecule has 0 aliphatic carbocycles. The predicted octanol–water partition coefficient (Wildman–Crippen LogP) is 3.97. The van der Waals surface area contributed by atoms with Crippen LogP contribution in [-0.2, 0) is 4.79 Å². The number of nitrogens with zero attached hydrogens (tertiary/aromatic N) is 1. The van der Waals surface area contributed by atoms with Gasteiger partial charge in [-0.2, -0.15) is 0 Å². The normalized spacial score (nSPS) is 16.7. The molecule has 1 fully saturated rings. The van der Waals surface area contributed by atoms with E-state index in [-0.39, 0.29) is 23.1 Å². The highest BCUT2D eigenvalue weighted by molar-refractivity contribution is 6.34. The van der Waals surface area contributed by atoms with Gasteiger partial charge in [-0.25, -0.2) is 0 Å². The zero-order valence-electron chi connectivity index (χ0n) is 18.1. The molecule has 3 heterocycles. The molecule has 0 atom stereocenters. The molecule has 2 aliphatic rings. The van der Waals surface area contributed by atoms with E-state index in [4.69, 9.17) is 4.42 Å². The first kappa shape index (κ1) is 21.0. The van der Waals surface area contributed by atoms with Crippen LogP contribution in [0.4, 0.5) is 5.69 Å². The number of furan rings is 1. The highest BCUT2D eigenvalue weighted by Crippen LogP contribution is 2.34. The third kappa shape index (κ3) is 4.40. The molecule has 5 rings (SSSR count). The summed E-state index contributed by atoms with van der Waals surface area (Å²) in [5.74, 6) is 0.479. The number of hydrogen-bond acceptors (Lipinski definition) is 5. The highest BCUT2D eigenvalue weighted by atomic mass is 16.3. The van der Waals surface area contributed by atoms with Crippen LogP contribution in [0.5, 0.6) is 5.75 Å². The van der Waals surface area contributed by atoms with Crippen LogP contribution in [0.3, 0.4) is 0 Å². The summed E-state index contributed by atoms with van der Waals surface area (Å²) in [7, 11) is 0. The van der Waals surface area contributed by atoms with Gasteiger partial charge in [-0.15, -0.1) is 0 Å². The maximum absolute atomic E-state index is 12.5. The largest absolute Gasteiger partial charge is 0.507 e. The molecule has 0 radical (unpaired) electrons. The second kappa shape index (κ2) is 8.96. The standard InChI is InChI=1S/C26H25N3O4/c30-23-15-17(7-9-20(23)25(31)27-11-14-29-12-3-4-13-29)24-10-8-18(33-24)16-21-19-5-1-2-6-22(19)28-26(21)32/h1-2,5-10,15-16,30H,3-4,11-14H2,(H,27,31)(H,28,32)/b21-16+. The Morgan fingerprint density at radius 3 is 2.76 bits per heavy atom. The van der Waals surface area contributed by atoms with Crippen molar-refractivity contribution in [2.75, 3.05) is 31.5 Å². The second-order valence-electron chi connectivity index (χ2n) is 8.30. The van der Waals surface area contributed by atoms with Gasteiger partial charge >= 0.3 is 0 Å². The molecule has 0 spiro atoms. The Morgan fingerprint density at radius 2 is 1.94 bits per heavy atom. The van der Waals surface area contributed by atoms with Crippen molar-refractivity contribution >= 4 is 29.2 Å². The van der Waals surface area contributed by atoms with Gasteiger partial charge in [0.15, 0.2) is 0 Å². The molecule has 7 nitrogen and oxygen atoms in total. The monoisotopic (exact) mass is 443 g/mol. The average molecular weight is 444 g/mol. The van der Waals surface area contributed by atoms with Gasteiger partial charge in [0, 0.05) is 29.9 Å². The van der Waals surface area contributed by atoms with E-state index in [0.717, 1.165) is 30.9 Å². The summed E-state index contributed by atoms with van der Waals surface area (Å²) in [6, 6.07) is 15.9.